The molecule has 0 amide bonds. The maximum Gasteiger partial charge on any atom is 0.240 e. The van der Waals surface area contributed by atoms with E-state index >= 15 is 0 Å². The minimum absolute atomic E-state index is 0.159. The third-order valence-corrected chi connectivity index (χ3v) is 3.22. The van der Waals surface area contributed by atoms with Gasteiger partial charge in [0.1, 0.15) is 10.6 Å². The van der Waals surface area contributed by atoms with Crippen LogP contribution >= 0.6 is 11.3 Å². The van der Waals surface area contributed by atoms with Gasteiger partial charge in [-0.05, 0) is 19.4 Å². The second kappa shape index (κ2) is 5.26. The number of aliphatic hydroxyl groups is 1. The Bertz CT molecular complexity index is 513. The third-order valence-electron chi connectivity index (χ3n) is 2.27. The van der Waals surface area contributed by atoms with Gasteiger partial charge >= 0.3 is 0 Å². The first kappa shape index (κ1) is 12.0. The van der Waals surface area contributed by atoms with Gasteiger partial charge in [-0.1, -0.05) is 0 Å². The molecule has 2 aromatic heterocycles. The Morgan fingerprint density at radius 2 is 2.29 bits per heavy atom. The minimum atomic E-state index is 0.159. The lowest BCUT2D eigenvalue weighted by molar-refractivity contribution is 0.292. The van der Waals surface area contributed by atoms with Crippen LogP contribution in [0.25, 0.3) is 10.2 Å². The van der Waals surface area contributed by atoms with E-state index in [9.17, 15) is 0 Å². The number of hydrazine groups is 1. The molecule has 0 aliphatic carbocycles. The highest BCUT2D eigenvalue weighted by Crippen LogP contribution is 2.29. The van der Waals surface area contributed by atoms with E-state index in [1.165, 1.54) is 4.88 Å². The van der Waals surface area contributed by atoms with Crippen LogP contribution < -0.4 is 16.6 Å². The quantitative estimate of drug-likeness (QED) is 0.362. The molecule has 0 atom stereocenters. The van der Waals surface area contributed by atoms with E-state index in [2.05, 4.69) is 20.7 Å². The van der Waals surface area contributed by atoms with Gasteiger partial charge in [-0.25, -0.2) is 10.8 Å². The summed E-state index contributed by atoms with van der Waals surface area (Å²) >= 11 is 1.60. The Hall–Kier alpha value is -1.44. The van der Waals surface area contributed by atoms with Gasteiger partial charge in [-0.15, -0.1) is 11.3 Å². The molecule has 0 aromatic carbocycles. The minimum Gasteiger partial charge on any atom is -0.396 e. The van der Waals surface area contributed by atoms with E-state index < -0.39 is 0 Å². The maximum absolute atomic E-state index is 8.76. The van der Waals surface area contributed by atoms with Gasteiger partial charge < -0.3 is 10.4 Å². The number of hydrogen-bond donors (Lipinski definition) is 4. The topological polar surface area (TPSA) is 96.1 Å². The van der Waals surface area contributed by atoms with Gasteiger partial charge in [0, 0.05) is 18.0 Å². The molecule has 2 rings (SSSR count). The van der Waals surface area contributed by atoms with E-state index in [1.807, 2.05) is 13.0 Å². The average molecular weight is 253 g/mol. The molecule has 0 bridgehead atoms. The number of aryl methyl sites for hydroxylation is 1. The molecule has 92 valence electrons. The predicted molar refractivity (Wildman–Crippen MR) is 70.2 cm³/mol. The fourth-order valence-electron chi connectivity index (χ4n) is 1.53. The second-order valence-electron chi connectivity index (χ2n) is 3.62. The van der Waals surface area contributed by atoms with Crippen molar-refractivity contribution in [2.45, 2.75) is 13.3 Å². The normalized spacial score (nSPS) is 10.8. The molecule has 0 unspecified atom stereocenters. The summed E-state index contributed by atoms with van der Waals surface area (Å²) in [5, 5.41) is 12.9. The summed E-state index contributed by atoms with van der Waals surface area (Å²) in [6, 6.07) is 2.04. The summed E-state index contributed by atoms with van der Waals surface area (Å²) in [4.78, 5) is 10.6. The molecule has 17 heavy (non-hydrogen) atoms. The Balaban J connectivity index is 2.36. The van der Waals surface area contributed by atoms with Crippen LogP contribution in [0.4, 0.5) is 11.8 Å². The van der Waals surface area contributed by atoms with Crippen molar-refractivity contribution in [2.75, 3.05) is 23.9 Å². The molecular weight excluding hydrogens is 238 g/mol. The molecule has 0 saturated carbocycles. The zero-order chi connectivity index (χ0) is 12.3. The van der Waals surface area contributed by atoms with Gasteiger partial charge in [-0.3, -0.25) is 5.43 Å². The number of thiophene rings is 1. The first-order valence-corrected chi connectivity index (χ1v) is 6.15. The molecule has 0 saturated heterocycles. The van der Waals surface area contributed by atoms with Crippen LogP contribution in [0.5, 0.6) is 0 Å². The predicted octanol–water partition coefficient (Wildman–Crippen LogP) is 1.08. The highest BCUT2D eigenvalue weighted by molar-refractivity contribution is 7.18. The SMILES string of the molecule is Cc1cc2c(NCCCO)nc(NN)nc2s1. The zero-order valence-corrected chi connectivity index (χ0v) is 10.3. The Labute approximate surface area is 103 Å². The van der Waals surface area contributed by atoms with E-state index in [-0.39, 0.29) is 6.61 Å². The van der Waals surface area contributed by atoms with Crippen LogP contribution in [-0.4, -0.2) is 28.2 Å². The number of anilines is 2. The first-order chi connectivity index (χ1) is 8.24. The molecule has 2 aromatic rings. The highest BCUT2D eigenvalue weighted by Gasteiger charge is 2.09. The van der Waals surface area contributed by atoms with E-state index in [1.54, 1.807) is 11.3 Å². The lowest BCUT2D eigenvalue weighted by Gasteiger charge is -2.07. The fraction of sp³-hybridized carbons (Fsp3) is 0.400. The Morgan fingerprint density at radius 1 is 1.47 bits per heavy atom. The monoisotopic (exact) mass is 253 g/mol. The van der Waals surface area contributed by atoms with Crippen molar-refractivity contribution in [3.63, 3.8) is 0 Å². The Kier molecular flexibility index (Phi) is 3.72. The van der Waals surface area contributed by atoms with Gasteiger partial charge in [0.05, 0.1) is 5.39 Å². The highest BCUT2D eigenvalue weighted by atomic mass is 32.1. The molecule has 0 aliphatic rings. The largest absolute Gasteiger partial charge is 0.396 e. The molecule has 5 N–H and O–H groups in total. The Morgan fingerprint density at radius 3 is 3.00 bits per heavy atom. The number of nitrogen functional groups attached to an aromatic ring is 1. The number of aromatic nitrogens is 2. The summed E-state index contributed by atoms with van der Waals surface area (Å²) in [6.07, 6.45) is 0.681. The van der Waals surface area contributed by atoms with Crippen LogP contribution in [-0.2, 0) is 0 Å². The van der Waals surface area contributed by atoms with Crippen molar-refractivity contribution in [1.82, 2.24) is 9.97 Å². The summed E-state index contributed by atoms with van der Waals surface area (Å²) in [6.45, 7) is 2.85. The van der Waals surface area contributed by atoms with Crippen molar-refractivity contribution >= 4 is 33.3 Å². The fourth-order valence-corrected chi connectivity index (χ4v) is 2.41. The van der Waals surface area contributed by atoms with Crippen LogP contribution in [0, 0.1) is 6.92 Å². The number of aliphatic hydroxyl groups excluding tert-OH is 1. The number of fused-ring (bicyclic) bond motifs is 1. The summed E-state index contributed by atoms with van der Waals surface area (Å²) in [5.41, 5.74) is 2.45. The second-order valence-corrected chi connectivity index (χ2v) is 4.85. The van der Waals surface area contributed by atoms with E-state index in [0.29, 0.717) is 18.9 Å². The smallest absolute Gasteiger partial charge is 0.240 e. The maximum atomic E-state index is 8.76. The van der Waals surface area contributed by atoms with Gasteiger partial charge in [-0.2, -0.15) is 4.98 Å². The van der Waals surface area contributed by atoms with Gasteiger partial charge in [0.15, 0.2) is 0 Å². The number of nitrogens with two attached hydrogens (primary N) is 1. The number of hydrogen-bond acceptors (Lipinski definition) is 7. The van der Waals surface area contributed by atoms with Gasteiger partial charge in [0.25, 0.3) is 0 Å². The molecule has 7 heteroatoms. The summed E-state index contributed by atoms with van der Waals surface area (Å²) < 4.78 is 0. The third kappa shape index (κ3) is 2.63. The molecule has 0 radical (unpaired) electrons. The number of nitrogens with one attached hydrogen (secondary N) is 2. The van der Waals surface area contributed by atoms with Crippen molar-refractivity contribution < 1.29 is 5.11 Å². The van der Waals surface area contributed by atoms with Crippen molar-refractivity contribution in [1.29, 1.82) is 0 Å². The number of rotatable bonds is 5. The van der Waals surface area contributed by atoms with Gasteiger partial charge in [0.2, 0.25) is 5.95 Å². The van der Waals surface area contributed by atoms with Crippen LogP contribution in [0.3, 0.4) is 0 Å². The molecule has 0 spiro atoms. The molecular formula is C10H15N5OS. The number of nitrogens with zero attached hydrogens (tertiary/aromatic N) is 2. The molecule has 0 fully saturated rings. The molecule has 6 nitrogen and oxygen atoms in total. The van der Waals surface area contributed by atoms with Crippen molar-refractivity contribution in [2.24, 2.45) is 5.84 Å². The van der Waals surface area contributed by atoms with Crippen molar-refractivity contribution in [3.05, 3.63) is 10.9 Å². The average Bonchev–Trinajstić information content (AvgIpc) is 2.69. The van der Waals surface area contributed by atoms with Crippen LogP contribution in [0.1, 0.15) is 11.3 Å². The first-order valence-electron chi connectivity index (χ1n) is 5.34. The van der Waals surface area contributed by atoms with Crippen LogP contribution in [0.2, 0.25) is 0 Å². The summed E-state index contributed by atoms with van der Waals surface area (Å²) in [7, 11) is 0. The van der Waals surface area contributed by atoms with Crippen LogP contribution in [0.15, 0.2) is 6.07 Å². The molecule has 0 aliphatic heterocycles. The zero-order valence-electron chi connectivity index (χ0n) is 9.53. The lowest BCUT2D eigenvalue weighted by atomic mass is 10.3. The summed E-state index contributed by atoms with van der Waals surface area (Å²) in [5.74, 6) is 6.48. The van der Waals surface area contributed by atoms with Crippen molar-refractivity contribution in [3.8, 4) is 0 Å². The van der Waals surface area contributed by atoms with E-state index in [0.717, 1.165) is 16.0 Å². The standard InChI is InChI=1S/C10H15N5OS/c1-6-5-7-8(12-3-2-4-16)13-10(15-11)14-9(7)17-6/h5,16H,2-4,11H2,1H3,(H2,12,13,14,15). The lowest BCUT2D eigenvalue weighted by Crippen LogP contribution is -2.12. The van der Waals surface area contributed by atoms with E-state index in [4.69, 9.17) is 10.9 Å². The molecule has 2 heterocycles.